The first kappa shape index (κ1) is 16.8. The smallest absolute Gasteiger partial charge is 0.242 e. The molecular formula is C18H29N3O. The number of nitrogens with one attached hydrogen (secondary N) is 1. The van der Waals surface area contributed by atoms with Crippen LogP contribution in [0.3, 0.4) is 0 Å². The van der Waals surface area contributed by atoms with E-state index >= 15 is 0 Å². The molecule has 1 saturated heterocycles. The normalized spacial score (nSPS) is 18.8. The van der Waals surface area contributed by atoms with Crippen molar-refractivity contribution in [3.05, 3.63) is 29.8 Å². The minimum atomic E-state index is -0.717. The van der Waals surface area contributed by atoms with Crippen LogP contribution in [0.15, 0.2) is 24.3 Å². The lowest BCUT2D eigenvalue weighted by Gasteiger charge is -2.37. The molecule has 1 unspecified atom stereocenters. The Morgan fingerprint density at radius 1 is 1.41 bits per heavy atom. The molecule has 0 saturated carbocycles. The van der Waals surface area contributed by atoms with E-state index in [1.165, 1.54) is 11.3 Å². The second-order valence-corrected chi connectivity index (χ2v) is 6.75. The van der Waals surface area contributed by atoms with E-state index in [0.717, 1.165) is 38.8 Å². The molecule has 1 aliphatic heterocycles. The Kier molecular flexibility index (Phi) is 5.46. The highest BCUT2D eigenvalue weighted by Gasteiger charge is 2.33. The number of anilines is 1. The fourth-order valence-electron chi connectivity index (χ4n) is 3.18. The number of carbonyl (C=O) groups excluding carboxylic acids is 1. The molecule has 1 aliphatic rings. The summed E-state index contributed by atoms with van der Waals surface area (Å²) in [6.07, 6.45) is 3.63. The van der Waals surface area contributed by atoms with Gasteiger partial charge in [0.1, 0.15) is 0 Å². The van der Waals surface area contributed by atoms with Crippen LogP contribution in [0.5, 0.6) is 0 Å². The highest BCUT2D eigenvalue weighted by molar-refractivity contribution is 5.85. The molecule has 1 aromatic carbocycles. The highest BCUT2D eigenvalue weighted by atomic mass is 16.2. The van der Waals surface area contributed by atoms with Crippen molar-refractivity contribution < 1.29 is 4.79 Å². The van der Waals surface area contributed by atoms with Crippen LogP contribution < -0.4 is 11.1 Å². The summed E-state index contributed by atoms with van der Waals surface area (Å²) in [4.78, 5) is 14.4. The lowest BCUT2D eigenvalue weighted by atomic mass is 9.94. The maximum atomic E-state index is 12.5. The SMILES string of the molecule is CCCC(C)(N)C(=O)N1CCC(Nc2cccc(C)c2)CC1. The highest BCUT2D eigenvalue weighted by Crippen LogP contribution is 2.20. The van der Waals surface area contributed by atoms with Crippen LogP contribution >= 0.6 is 0 Å². The molecule has 0 bridgehead atoms. The van der Waals surface area contributed by atoms with Gasteiger partial charge in [0.05, 0.1) is 5.54 Å². The fraction of sp³-hybridized carbons (Fsp3) is 0.611. The number of carbonyl (C=O) groups is 1. The van der Waals surface area contributed by atoms with Crippen LogP contribution in [0.2, 0.25) is 0 Å². The monoisotopic (exact) mass is 303 g/mol. The van der Waals surface area contributed by atoms with Crippen LogP contribution in [-0.2, 0) is 4.79 Å². The van der Waals surface area contributed by atoms with Crippen molar-refractivity contribution in [2.45, 2.75) is 58.0 Å². The molecule has 1 fully saturated rings. The van der Waals surface area contributed by atoms with Gasteiger partial charge in [-0.25, -0.2) is 0 Å². The van der Waals surface area contributed by atoms with E-state index in [9.17, 15) is 4.79 Å². The summed E-state index contributed by atoms with van der Waals surface area (Å²) in [7, 11) is 0. The Morgan fingerprint density at radius 3 is 2.68 bits per heavy atom. The zero-order valence-corrected chi connectivity index (χ0v) is 14.1. The molecule has 1 atom stereocenters. The third kappa shape index (κ3) is 4.23. The average Bonchev–Trinajstić information content (AvgIpc) is 2.47. The van der Waals surface area contributed by atoms with Crippen LogP contribution in [0, 0.1) is 6.92 Å². The molecule has 1 aromatic rings. The minimum Gasteiger partial charge on any atom is -0.382 e. The van der Waals surface area contributed by atoms with Gasteiger partial charge in [-0.1, -0.05) is 25.5 Å². The summed E-state index contributed by atoms with van der Waals surface area (Å²) in [6.45, 7) is 7.60. The van der Waals surface area contributed by atoms with E-state index in [4.69, 9.17) is 5.73 Å². The molecule has 122 valence electrons. The fourth-order valence-corrected chi connectivity index (χ4v) is 3.18. The second kappa shape index (κ2) is 7.14. The summed E-state index contributed by atoms with van der Waals surface area (Å²) in [5, 5.41) is 3.58. The van der Waals surface area contributed by atoms with Crippen molar-refractivity contribution in [2.24, 2.45) is 5.73 Å². The van der Waals surface area contributed by atoms with E-state index in [1.54, 1.807) is 0 Å². The number of nitrogens with zero attached hydrogens (tertiary/aromatic N) is 1. The number of nitrogens with two attached hydrogens (primary N) is 1. The van der Waals surface area contributed by atoms with E-state index in [2.05, 4.69) is 43.4 Å². The number of hydrogen-bond donors (Lipinski definition) is 2. The molecule has 0 radical (unpaired) electrons. The molecule has 1 amide bonds. The van der Waals surface area contributed by atoms with Gasteiger partial charge in [0.25, 0.3) is 0 Å². The number of aryl methyl sites for hydroxylation is 1. The summed E-state index contributed by atoms with van der Waals surface area (Å²) in [5.41, 5.74) is 7.88. The third-order valence-corrected chi connectivity index (χ3v) is 4.43. The van der Waals surface area contributed by atoms with Gasteiger partial charge in [0.15, 0.2) is 0 Å². The molecule has 4 heteroatoms. The van der Waals surface area contributed by atoms with Crippen molar-refractivity contribution >= 4 is 11.6 Å². The van der Waals surface area contributed by atoms with Crippen molar-refractivity contribution in [3.63, 3.8) is 0 Å². The number of benzene rings is 1. The zero-order chi connectivity index (χ0) is 16.2. The summed E-state index contributed by atoms with van der Waals surface area (Å²) in [6, 6.07) is 8.86. The molecule has 0 spiro atoms. The number of likely N-dealkylation sites (tertiary alicyclic amines) is 1. The lowest BCUT2D eigenvalue weighted by molar-refractivity contribution is -0.137. The van der Waals surface area contributed by atoms with Crippen molar-refractivity contribution in [1.29, 1.82) is 0 Å². The topological polar surface area (TPSA) is 58.4 Å². The first-order valence-electron chi connectivity index (χ1n) is 8.34. The molecule has 2 rings (SSSR count). The van der Waals surface area contributed by atoms with Crippen LogP contribution in [0.1, 0.15) is 45.1 Å². The number of hydrogen-bond acceptors (Lipinski definition) is 3. The van der Waals surface area contributed by atoms with Crippen LogP contribution in [0.25, 0.3) is 0 Å². The van der Waals surface area contributed by atoms with E-state index < -0.39 is 5.54 Å². The van der Waals surface area contributed by atoms with Gasteiger partial charge >= 0.3 is 0 Å². The van der Waals surface area contributed by atoms with E-state index in [-0.39, 0.29) is 5.91 Å². The third-order valence-electron chi connectivity index (χ3n) is 4.43. The van der Waals surface area contributed by atoms with Gasteiger partial charge in [0, 0.05) is 24.8 Å². The average molecular weight is 303 g/mol. The largest absolute Gasteiger partial charge is 0.382 e. The van der Waals surface area contributed by atoms with Gasteiger partial charge in [-0.2, -0.15) is 0 Å². The Morgan fingerprint density at radius 2 is 2.09 bits per heavy atom. The lowest BCUT2D eigenvalue weighted by Crippen LogP contribution is -2.55. The Bertz CT molecular complexity index is 505. The zero-order valence-electron chi connectivity index (χ0n) is 14.1. The molecule has 4 nitrogen and oxygen atoms in total. The maximum Gasteiger partial charge on any atom is 0.242 e. The quantitative estimate of drug-likeness (QED) is 0.879. The van der Waals surface area contributed by atoms with E-state index in [0.29, 0.717) is 6.04 Å². The van der Waals surface area contributed by atoms with Gasteiger partial charge < -0.3 is 16.0 Å². The first-order chi connectivity index (χ1) is 10.4. The molecular weight excluding hydrogens is 274 g/mol. The summed E-state index contributed by atoms with van der Waals surface area (Å²) < 4.78 is 0. The van der Waals surface area contributed by atoms with Crippen molar-refractivity contribution in [1.82, 2.24) is 4.90 Å². The number of rotatable bonds is 5. The number of amides is 1. The van der Waals surface area contributed by atoms with Gasteiger partial charge in [0.2, 0.25) is 5.91 Å². The summed E-state index contributed by atoms with van der Waals surface area (Å²) in [5.74, 6) is 0.100. The number of piperidine rings is 1. The maximum absolute atomic E-state index is 12.5. The Balaban J connectivity index is 1.86. The molecule has 22 heavy (non-hydrogen) atoms. The van der Waals surface area contributed by atoms with Gasteiger partial charge in [-0.15, -0.1) is 0 Å². The summed E-state index contributed by atoms with van der Waals surface area (Å²) >= 11 is 0. The van der Waals surface area contributed by atoms with Crippen molar-refractivity contribution in [2.75, 3.05) is 18.4 Å². The second-order valence-electron chi connectivity index (χ2n) is 6.75. The molecule has 0 aliphatic carbocycles. The van der Waals surface area contributed by atoms with Gasteiger partial charge in [-0.05, 0) is 50.8 Å². The predicted molar refractivity (Wildman–Crippen MR) is 91.9 cm³/mol. The first-order valence-corrected chi connectivity index (χ1v) is 8.34. The van der Waals surface area contributed by atoms with E-state index in [1.807, 2.05) is 11.8 Å². The molecule has 0 aromatic heterocycles. The molecule has 1 heterocycles. The van der Waals surface area contributed by atoms with Gasteiger partial charge in [-0.3, -0.25) is 4.79 Å². The van der Waals surface area contributed by atoms with Crippen LogP contribution in [0.4, 0.5) is 5.69 Å². The minimum absolute atomic E-state index is 0.100. The predicted octanol–water partition coefficient (Wildman–Crippen LogP) is 2.92. The Labute approximate surface area is 134 Å². The molecule has 3 N–H and O–H groups in total. The van der Waals surface area contributed by atoms with Crippen molar-refractivity contribution in [3.8, 4) is 0 Å². The Hall–Kier alpha value is -1.55. The standard InChI is InChI=1S/C18H29N3O/c1-4-10-18(3,19)17(22)21-11-8-15(9-12-21)20-16-7-5-6-14(2)13-16/h5-7,13,15,20H,4,8-12,19H2,1-3H3. The van der Waals surface area contributed by atoms with Crippen LogP contribution in [-0.4, -0.2) is 35.5 Å².